The molecule has 0 aromatic carbocycles. The second-order valence-electron chi connectivity index (χ2n) is 2.00. The van der Waals surface area contributed by atoms with Crippen molar-refractivity contribution < 1.29 is 14.6 Å². The Morgan fingerprint density at radius 2 is 2.33 bits per heavy atom. The molecule has 12 heavy (non-hydrogen) atoms. The predicted octanol–water partition coefficient (Wildman–Crippen LogP) is 1.34. The van der Waals surface area contributed by atoms with Gasteiger partial charge in [0, 0.05) is 0 Å². The van der Waals surface area contributed by atoms with Crippen molar-refractivity contribution in [2.24, 2.45) is 0 Å². The highest BCUT2D eigenvalue weighted by Gasteiger charge is 2.08. The molecule has 0 radical (unpaired) electrons. The first-order chi connectivity index (χ1) is 5.65. The zero-order valence-corrected chi connectivity index (χ0v) is 7.83. The molecule has 0 aliphatic heterocycles. The topological polar surface area (TPSA) is 59.4 Å². The minimum absolute atomic E-state index is 0.0114. The summed E-state index contributed by atoms with van der Waals surface area (Å²) < 4.78 is 4.65. The number of carbonyl (C=O) groups is 1. The van der Waals surface area contributed by atoms with E-state index in [1.54, 1.807) is 0 Å². The number of esters is 1. The molecule has 1 rings (SSSR count). The van der Waals surface area contributed by atoms with Gasteiger partial charge in [0.15, 0.2) is 0 Å². The predicted molar refractivity (Wildman–Crippen MR) is 44.9 cm³/mol. The molecule has 1 heterocycles. The summed E-state index contributed by atoms with van der Waals surface area (Å²) in [4.78, 5) is 14.6. The number of pyridine rings is 1. The zero-order chi connectivity index (χ0) is 9.14. The molecule has 0 spiro atoms. The number of hydrogen-bond donors (Lipinski definition) is 1. The molecule has 0 unspecified atom stereocenters. The molecular formula is C7H6BrNO3. The molecule has 0 saturated carbocycles. The highest BCUT2D eigenvalue weighted by atomic mass is 79.9. The van der Waals surface area contributed by atoms with Gasteiger partial charge < -0.3 is 9.84 Å². The van der Waals surface area contributed by atoms with Gasteiger partial charge >= 0.3 is 5.97 Å². The average molecular weight is 232 g/mol. The Kier molecular flexibility index (Phi) is 2.65. The zero-order valence-electron chi connectivity index (χ0n) is 6.24. The van der Waals surface area contributed by atoms with Crippen molar-refractivity contribution in [3.05, 3.63) is 22.4 Å². The molecule has 1 aromatic rings. The number of nitrogens with zero attached hydrogens (tertiary/aromatic N) is 1. The molecular weight excluding hydrogens is 226 g/mol. The van der Waals surface area contributed by atoms with Crippen LogP contribution in [0.1, 0.15) is 10.5 Å². The Morgan fingerprint density at radius 3 is 2.83 bits per heavy atom. The van der Waals surface area contributed by atoms with Gasteiger partial charge in [-0.1, -0.05) is 0 Å². The molecule has 0 aliphatic carbocycles. The van der Waals surface area contributed by atoms with Crippen LogP contribution in [0.4, 0.5) is 0 Å². The lowest BCUT2D eigenvalue weighted by Crippen LogP contribution is -2.03. The van der Waals surface area contributed by atoms with Gasteiger partial charge in [-0.25, -0.2) is 9.78 Å². The van der Waals surface area contributed by atoms with E-state index in [9.17, 15) is 4.79 Å². The quantitative estimate of drug-likeness (QED) is 0.586. The van der Waals surface area contributed by atoms with Gasteiger partial charge in [0.1, 0.15) is 16.0 Å². The average Bonchev–Trinajstić information content (AvgIpc) is 2.08. The van der Waals surface area contributed by atoms with Gasteiger partial charge in [0.25, 0.3) is 0 Å². The third-order valence-electron chi connectivity index (χ3n) is 1.22. The molecule has 0 atom stereocenters. The summed E-state index contributed by atoms with van der Waals surface area (Å²) >= 11 is 2.97. The summed E-state index contributed by atoms with van der Waals surface area (Å²) in [6.45, 7) is 0. The van der Waals surface area contributed by atoms with E-state index in [-0.39, 0.29) is 16.0 Å². The van der Waals surface area contributed by atoms with E-state index in [4.69, 9.17) is 5.11 Å². The summed E-state index contributed by atoms with van der Waals surface area (Å²) in [7, 11) is 1.27. The molecule has 0 aliphatic rings. The molecule has 1 aromatic heterocycles. The van der Waals surface area contributed by atoms with Crippen LogP contribution < -0.4 is 0 Å². The minimum atomic E-state index is -0.532. The number of methoxy groups -OCH3 is 1. The van der Waals surface area contributed by atoms with E-state index in [0.29, 0.717) is 0 Å². The Bertz CT molecular complexity index is 314. The smallest absolute Gasteiger partial charge is 0.356 e. The number of aromatic hydroxyl groups is 1. The molecule has 64 valence electrons. The fourth-order valence-corrected chi connectivity index (χ4v) is 0.968. The Labute approximate surface area is 77.3 Å². The fraction of sp³-hybridized carbons (Fsp3) is 0.143. The molecule has 4 nitrogen and oxygen atoms in total. The monoisotopic (exact) mass is 231 g/mol. The van der Waals surface area contributed by atoms with Crippen LogP contribution in [0.15, 0.2) is 16.7 Å². The maximum atomic E-state index is 10.9. The van der Waals surface area contributed by atoms with E-state index in [1.807, 2.05) is 0 Å². The van der Waals surface area contributed by atoms with E-state index in [0.717, 1.165) is 0 Å². The summed E-state index contributed by atoms with van der Waals surface area (Å²) in [5.74, 6) is -0.543. The number of carbonyl (C=O) groups excluding carboxylic acids is 1. The van der Waals surface area contributed by atoms with Gasteiger partial charge in [0.2, 0.25) is 0 Å². The first-order valence-electron chi connectivity index (χ1n) is 3.09. The van der Waals surface area contributed by atoms with Crippen molar-refractivity contribution in [3.63, 3.8) is 0 Å². The van der Waals surface area contributed by atoms with Crippen molar-refractivity contribution in [2.75, 3.05) is 7.11 Å². The highest BCUT2D eigenvalue weighted by molar-refractivity contribution is 9.10. The summed E-state index contributed by atoms with van der Waals surface area (Å²) in [5.41, 5.74) is 0.155. The van der Waals surface area contributed by atoms with Gasteiger partial charge in [-0.3, -0.25) is 0 Å². The Hall–Kier alpha value is -1.10. The van der Waals surface area contributed by atoms with Gasteiger partial charge in [0.05, 0.1) is 7.11 Å². The molecule has 0 amide bonds. The lowest BCUT2D eigenvalue weighted by atomic mass is 10.3. The van der Waals surface area contributed by atoms with Crippen molar-refractivity contribution in [3.8, 4) is 5.75 Å². The van der Waals surface area contributed by atoms with Gasteiger partial charge in [-0.2, -0.15) is 0 Å². The lowest BCUT2D eigenvalue weighted by Gasteiger charge is -1.99. The lowest BCUT2D eigenvalue weighted by molar-refractivity contribution is 0.0594. The Balaban J connectivity index is 3.05. The molecule has 5 heteroatoms. The summed E-state index contributed by atoms with van der Waals surface area (Å²) in [5, 5.41) is 9.04. The normalized spacial score (nSPS) is 9.50. The molecule has 0 fully saturated rings. The largest absolute Gasteiger partial charge is 0.505 e. The standard InChI is InChI=1S/C7H6BrNO3/c1-12-7(11)4-2-3-5(10)6(8)9-4/h2-3,10H,1H3. The maximum Gasteiger partial charge on any atom is 0.356 e. The van der Waals surface area contributed by atoms with E-state index in [2.05, 4.69) is 25.7 Å². The van der Waals surface area contributed by atoms with Gasteiger partial charge in [-0.15, -0.1) is 0 Å². The fourth-order valence-electron chi connectivity index (χ4n) is 0.645. The van der Waals surface area contributed by atoms with Crippen LogP contribution in [0.3, 0.4) is 0 Å². The third kappa shape index (κ3) is 1.73. The maximum absolute atomic E-state index is 10.9. The number of ether oxygens (including phenoxy) is 1. The van der Waals surface area contributed by atoms with Crippen LogP contribution in [0.25, 0.3) is 0 Å². The van der Waals surface area contributed by atoms with Crippen molar-refractivity contribution in [1.82, 2.24) is 4.98 Å². The van der Waals surface area contributed by atoms with Crippen LogP contribution in [0, 0.1) is 0 Å². The molecule has 1 N–H and O–H groups in total. The van der Waals surface area contributed by atoms with Crippen LogP contribution in [-0.4, -0.2) is 23.2 Å². The van der Waals surface area contributed by atoms with Crippen LogP contribution in [-0.2, 0) is 4.74 Å². The van der Waals surface area contributed by atoms with Crippen LogP contribution in [0.2, 0.25) is 0 Å². The number of hydrogen-bond acceptors (Lipinski definition) is 4. The first-order valence-corrected chi connectivity index (χ1v) is 3.88. The summed E-state index contributed by atoms with van der Waals surface area (Å²) in [6, 6.07) is 2.75. The summed E-state index contributed by atoms with van der Waals surface area (Å²) in [6.07, 6.45) is 0. The highest BCUT2D eigenvalue weighted by Crippen LogP contribution is 2.20. The minimum Gasteiger partial charge on any atom is -0.505 e. The SMILES string of the molecule is COC(=O)c1ccc(O)c(Br)n1. The van der Waals surface area contributed by atoms with Crippen molar-refractivity contribution in [1.29, 1.82) is 0 Å². The molecule has 0 saturated heterocycles. The van der Waals surface area contributed by atoms with Crippen molar-refractivity contribution in [2.45, 2.75) is 0 Å². The third-order valence-corrected chi connectivity index (χ3v) is 1.81. The van der Waals surface area contributed by atoms with Crippen molar-refractivity contribution >= 4 is 21.9 Å². The second-order valence-corrected chi connectivity index (χ2v) is 2.75. The van der Waals surface area contributed by atoms with E-state index in [1.165, 1.54) is 19.2 Å². The number of rotatable bonds is 1. The van der Waals surface area contributed by atoms with Crippen LogP contribution in [0.5, 0.6) is 5.75 Å². The first kappa shape index (κ1) is 8.99. The number of aromatic nitrogens is 1. The van der Waals surface area contributed by atoms with E-state index < -0.39 is 5.97 Å². The Morgan fingerprint density at radius 1 is 1.67 bits per heavy atom. The molecule has 0 bridgehead atoms. The van der Waals surface area contributed by atoms with E-state index >= 15 is 0 Å². The van der Waals surface area contributed by atoms with Gasteiger partial charge in [-0.05, 0) is 28.1 Å². The second kappa shape index (κ2) is 3.53. The van der Waals surface area contributed by atoms with Crippen LogP contribution >= 0.6 is 15.9 Å². The number of halogens is 1.